The number of halogens is 1. The highest BCUT2D eigenvalue weighted by Crippen LogP contribution is 2.30. The van der Waals surface area contributed by atoms with Crippen LogP contribution in [0, 0.1) is 12.7 Å². The van der Waals surface area contributed by atoms with Crippen molar-refractivity contribution >= 4 is 16.8 Å². The molecule has 1 saturated heterocycles. The quantitative estimate of drug-likeness (QED) is 0.534. The first-order valence-electron chi connectivity index (χ1n) is 10.3. The van der Waals surface area contributed by atoms with Gasteiger partial charge in [-0.2, -0.15) is 5.10 Å². The zero-order valence-corrected chi connectivity index (χ0v) is 16.8. The Kier molecular flexibility index (Phi) is 4.62. The number of aromatic nitrogens is 3. The Morgan fingerprint density at radius 2 is 1.83 bits per heavy atom. The number of amides is 1. The molecule has 4 aromatic rings. The maximum atomic E-state index is 13.2. The second kappa shape index (κ2) is 7.44. The number of carbonyl (C=O) groups is 1. The molecule has 5 rings (SSSR count). The lowest BCUT2D eigenvalue weighted by Gasteiger charge is -2.31. The number of likely N-dealkylation sites (tertiary alicyclic amines) is 1. The van der Waals surface area contributed by atoms with Gasteiger partial charge in [0.25, 0.3) is 5.91 Å². The van der Waals surface area contributed by atoms with Gasteiger partial charge in [0, 0.05) is 30.2 Å². The normalized spacial score (nSPS) is 15.1. The standard InChI is InChI=1S/C24H23FN4O/c1-16-21(15-26-29(16)20-8-6-19(25)7-9-20)24(30)28-12-10-17(11-13-28)23-14-18-4-2-3-5-22(18)27-23/h2-9,14-15,17,27H,10-13H2,1H3. The molecule has 152 valence electrons. The van der Waals surface area contributed by atoms with Gasteiger partial charge in [0.15, 0.2) is 0 Å². The van der Waals surface area contributed by atoms with Gasteiger partial charge in [0.2, 0.25) is 0 Å². The molecule has 1 fully saturated rings. The van der Waals surface area contributed by atoms with Crippen LogP contribution in [0.4, 0.5) is 4.39 Å². The molecular formula is C24H23FN4O. The largest absolute Gasteiger partial charge is 0.358 e. The molecule has 0 aliphatic carbocycles. The van der Waals surface area contributed by atoms with Crippen molar-refractivity contribution in [2.24, 2.45) is 0 Å². The Bertz CT molecular complexity index is 1170. The van der Waals surface area contributed by atoms with E-state index < -0.39 is 0 Å². The van der Waals surface area contributed by atoms with Gasteiger partial charge in [-0.1, -0.05) is 18.2 Å². The van der Waals surface area contributed by atoms with Crippen molar-refractivity contribution in [2.45, 2.75) is 25.7 Å². The number of carbonyl (C=O) groups excluding carboxylic acids is 1. The summed E-state index contributed by atoms with van der Waals surface area (Å²) in [6, 6.07) is 16.7. The van der Waals surface area contributed by atoms with Crippen molar-refractivity contribution in [1.29, 1.82) is 0 Å². The smallest absolute Gasteiger partial charge is 0.257 e. The molecule has 0 saturated carbocycles. The van der Waals surface area contributed by atoms with Crippen LogP contribution in [0.25, 0.3) is 16.6 Å². The molecule has 1 aliphatic heterocycles. The van der Waals surface area contributed by atoms with Gasteiger partial charge in [0.1, 0.15) is 5.82 Å². The third kappa shape index (κ3) is 3.28. The fourth-order valence-corrected chi connectivity index (χ4v) is 4.34. The molecule has 6 heteroatoms. The average Bonchev–Trinajstić information content (AvgIpc) is 3.38. The number of H-pyrrole nitrogens is 1. The first kappa shape index (κ1) is 18.6. The highest BCUT2D eigenvalue weighted by Gasteiger charge is 2.27. The number of hydrogen-bond acceptors (Lipinski definition) is 2. The van der Waals surface area contributed by atoms with Crippen LogP contribution in [-0.4, -0.2) is 38.7 Å². The van der Waals surface area contributed by atoms with E-state index in [9.17, 15) is 9.18 Å². The van der Waals surface area contributed by atoms with Crippen LogP contribution in [-0.2, 0) is 0 Å². The van der Waals surface area contributed by atoms with Crippen molar-refractivity contribution in [1.82, 2.24) is 19.7 Å². The number of rotatable bonds is 3. The lowest BCUT2D eigenvalue weighted by atomic mass is 9.93. The third-order valence-electron chi connectivity index (χ3n) is 6.08. The van der Waals surface area contributed by atoms with Crippen LogP contribution in [0.1, 0.15) is 40.5 Å². The number of piperidine rings is 1. The number of para-hydroxylation sites is 1. The molecular weight excluding hydrogens is 379 g/mol. The summed E-state index contributed by atoms with van der Waals surface area (Å²) < 4.78 is 14.9. The predicted molar refractivity (Wildman–Crippen MR) is 114 cm³/mol. The number of fused-ring (bicyclic) bond motifs is 1. The third-order valence-corrected chi connectivity index (χ3v) is 6.08. The maximum absolute atomic E-state index is 13.2. The Labute approximate surface area is 174 Å². The Morgan fingerprint density at radius 1 is 1.10 bits per heavy atom. The van der Waals surface area contributed by atoms with Crippen LogP contribution >= 0.6 is 0 Å². The molecule has 1 N–H and O–H groups in total. The Balaban J connectivity index is 1.29. The summed E-state index contributed by atoms with van der Waals surface area (Å²) in [6.07, 6.45) is 3.48. The highest BCUT2D eigenvalue weighted by molar-refractivity contribution is 5.95. The van der Waals surface area contributed by atoms with Gasteiger partial charge in [-0.15, -0.1) is 0 Å². The Hall–Kier alpha value is -3.41. The van der Waals surface area contributed by atoms with Crippen molar-refractivity contribution in [2.75, 3.05) is 13.1 Å². The molecule has 1 aliphatic rings. The summed E-state index contributed by atoms with van der Waals surface area (Å²) in [5, 5.41) is 5.59. The van der Waals surface area contributed by atoms with Crippen LogP contribution in [0.15, 0.2) is 60.8 Å². The monoisotopic (exact) mass is 402 g/mol. The minimum absolute atomic E-state index is 0.0101. The number of nitrogens with one attached hydrogen (secondary N) is 1. The fraction of sp³-hybridized carbons (Fsp3) is 0.250. The van der Waals surface area contributed by atoms with Crippen LogP contribution in [0.2, 0.25) is 0 Å². The van der Waals surface area contributed by atoms with E-state index in [2.05, 4.69) is 34.3 Å². The molecule has 30 heavy (non-hydrogen) atoms. The van der Waals surface area contributed by atoms with E-state index in [1.807, 2.05) is 17.9 Å². The molecule has 0 atom stereocenters. The lowest BCUT2D eigenvalue weighted by molar-refractivity contribution is 0.0711. The second-order valence-corrected chi connectivity index (χ2v) is 7.91. The van der Waals surface area contributed by atoms with Crippen LogP contribution in [0.3, 0.4) is 0 Å². The minimum atomic E-state index is -0.294. The van der Waals surface area contributed by atoms with E-state index in [0.717, 1.165) is 42.8 Å². The van der Waals surface area contributed by atoms with Gasteiger partial charge < -0.3 is 9.88 Å². The summed E-state index contributed by atoms with van der Waals surface area (Å²) in [7, 11) is 0. The van der Waals surface area contributed by atoms with E-state index in [1.165, 1.54) is 23.2 Å². The van der Waals surface area contributed by atoms with Crippen molar-refractivity contribution < 1.29 is 9.18 Å². The van der Waals surface area contributed by atoms with E-state index in [1.54, 1.807) is 23.0 Å². The van der Waals surface area contributed by atoms with E-state index >= 15 is 0 Å². The minimum Gasteiger partial charge on any atom is -0.358 e. The molecule has 0 unspecified atom stereocenters. The van der Waals surface area contributed by atoms with Crippen LogP contribution < -0.4 is 0 Å². The van der Waals surface area contributed by atoms with Crippen molar-refractivity contribution in [3.8, 4) is 5.69 Å². The summed E-state index contributed by atoms with van der Waals surface area (Å²) >= 11 is 0. The first-order valence-corrected chi connectivity index (χ1v) is 10.3. The average molecular weight is 402 g/mol. The molecule has 5 nitrogen and oxygen atoms in total. The molecule has 0 spiro atoms. The zero-order valence-electron chi connectivity index (χ0n) is 16.8. The molecule has 2 aromatic heterocycles. The summed E-state index contributed by atoms with van der Waals surface area (Å²) in [5.41, 5.74) is 4.52. The second-order valence-electron chi connectivity index (χ2n) is 7.91. The zero-order chi connectivity index (χ0) is 20.7. The van der Waals surface area contributed by atoms with E-state index in [4.69, 9.17) is 0 Å². The van der Waals surface area contributed by atoms with Gasteiger partial charge >= 0.3 is 0 Å². The molecule has 0 radical (unpaired) electrons. The summed E-state index contributed by atoms with van der Waals surface area (Å²) in [6.45, 7) is 3.32. The summed E-state index contributed by atoms with van der Waals surface area (Å²) in [4.78, 5) is 18.6. The number of benzene rings is 2. The molecule has 2 aromatic carbocycles. The van der Waals surface area contributed by atoms with Gasteiger partial charge in [-0.3, -0.25) is 4.79 Å². The predicted octanol–water partition coefficient (Wildman–Crippen LogP) is 4.82. The van der Waals surface area contributed by atoms with E-state index in [0.29, 0.717) is 11.5 Å². The Morgan fingerprint density at radius 3 is 2.57 bits per heavy atom. The molecule has 1 amide bonds. The molecule has 3 heterocycles. The SMILES string of the molecule is Cc1c(C(=O)N2CCC(c3cc4ccccc4[nH]3)CC2)cnn1-c1ccc(F)cc1. The fourth-order valence-electron chi connectivity index (χ4n) is 4.34. The number of nitrogens with zero attached hydrogens (tertiary/aromatic N) is 3. The summed E-state index contributed by atoms with van der Waals surface area (Å²) in [5.74, 6) is 0.151. The first-order chi connectivity index (χ1) is 14.6. The number of aromatic amines is 1. The number of hydrogen-bond donors (Lipinski definition) is 1. The van der Waals surface area contributed by atoms with Gasteiger partial charge in [-0.05, 0) is 61.5 Å². The topological polar surface area (TPSA) is 53.9 Å². The van der Waals surface area contributed by atoms with Gasteiger partial charge in [0.05, 0.1) is 23.1 Å². The highest BCUT2D eigenvalue weighted by atomic mass is 19.1. The van der Waals surface area contributed by atoms with Crippen molar-refractivity contribution in [3.05, 3.63) is 83.6 Å². The van der Waals surface area contributed by atoms with Gasteiger partial charge in [-0.25, -0.2) is 9.07 Å². The van der Waals surface area contributed by atoms with E-state index in [-0.39, 0.29) is 11.7 Å². The maximum Gasteiger partial charge on any atom is 0.257 e. The van der Waals surface area contributed by atoms with Crippen molar-refractivity contribution in [3.63, 3.8) is 0 Å². The van der Waals surface area contributed by atoms with Crippen LogP contribution in [0.5, 0.6) is 0 Å². The molecule has 0 bridgehead atoms. The lowest BCUT2D eigenvalue weighted by Crippen LogP contribution is -2.38.